The summed E-state index contributed by atoms with van der Waals surface area (Å²) in [6.45, 7) is -0.00289. The summed E-state index contributed by atoms with van der Waals surface area (Å²) in [7, 11) is 0. The Morgan fingerprint density at radius 3 is 2.33 bits per heavy atom. The van der Waals surface area contributed by atoms with Gasteiger partial charge in [0.15, 0.2) is 10.6 Å². The summed E-state index contributed by atoms with van der Waals surface area (Å²) in [5, 5.41) is 16.0. The van der Waals surface area contributed by atoms with Crippen molar-refractivity contribution in [2.24, 2.45) is 0 Å². The second-order valence-corrected chi connectivity index (χ2v) is 7.77. The number of hydrogen-bond donors (Lipinski definition) is 4. The lowest BCUT2D eigenvalue weighted by atomic mass is 10.2. The van der Waals surface area contributed by atoms with Crippen LogP contribution in [0.25, 0.3) is 11.4 Å². The van der Waals surface area contributed by atoms with Gasteiger partial charge in [-0.3, -0.25) is 14.5 Å². The van der Waals surface area contributed by atoms with Crippen molar-refractivity contribution in [2.75, 3.05) is 10.6 Å². The fourth-order valence-corrected chi connectivity index (χ4v) is 3.17. The first-order chi connectivity index (χ1) is 14.5. The van der Waals surface area contributed by atoms with Crippen LogP contribution in [0.1, 0.15) is 12.8 Å². The number of H-pyrrole nitrogens is 1. The Labute approximate surface area is 182 Å². The van der Waals surface area contributed by atoms with Crippen LogP contribution in [0, 0.1) is 4.77 Å². The maximum Gasteiger partial charge on any atom is 0.319 e. The number of anilines is 2. The number of nitrogens with one attached hydrogen (secondary N) is 4. The van der Waals surface area contributed by atoms with E-state index in [4.69, 9.17) is 23.8 Å². The molecule has 1 fully saturated rings. The van der Waals surface area contributed by atoms with Crippen molar-refractivity contribution in [2.45, 2.75) is 25.4 Å². The highest BCUT2D eigenvalue weighted by Crippen LogP contribution is 2.21. The molecule has 1 saturated carbocycles. The third kappa shape index (κ3) is 5.05. The lowest BCUT2D eigenvalue weighted by molar-refractivity contribution is -0.116. The zero-order valence-corrected chi connectivity index (χ0v) is 17.4. The average Bonchev–Trinajstić information content (AvgIpc) is 3.46. The van der Waals surface area contributed by atoms with E-state index in [1.54, 1.807) is 41.0 Å². The highest BCUT2D eigenvalue weighted by molar-refractivity contribution is 7.71. The van der Waals surface area contributed by atoms with Gasteiger partial charge in [-0.1, -0.05) is 11.6 Å². The van der Waals surface area contributed by atoms with Gasteiger partial charge in [-0.25, -0.2) is 4.79 Å². The number of carbonyl (C=O) groups excluding carboxylic acids is 2. The van der Waals surface area contributed by atoms with Gasteiger partial charge in [-0.05, 0) is 73.6 Å². The molecule has 1 heterocycles. The Balaban J connectivity index is 1.39. The molecule has 0 radical (unpaired) electrons. The third-order valence-corrected chi connectivity index (χ3v) is 5.07. The molecule has 0 saturated heterocycles. The molecule has 1 aromatic heterocycles. The van der Waals surface area contributed by atoms with Crippen LogP contribution in [-0.4, -0.2) is 32.7 Å². The minimum atomic E-state index is -0.255. The molecule has 8 nitrogen and oxygen atoms in total. The number of carbonyl (C=O) groups is 2. The van der Waals surface area contributed by atoms with E-state index in [1.165, 1.54) is 0 Å². The number of urea groups is 1. The van der Waals surface area contributed by atoms with Gasteiger partial charge in [0.25, 0.3) is 0 Å². The molecular weight excluding hydrogens is 424 g/mol. The molecule has 0 atom stereocenters. The summed E-state index contributed by atoms with van der Waals surface area (Å²) in [6.07, 6.45) is 2.05. The molecule has 0 spiro atoms. The van der Waals surface area contributed by atoms with Gasteiger partial charge in [0.2, 0.25) is 5.91 Å². The first kappa shape index (κ1) is 20.1. The van der Waals surface area contributed by atoms with Gasteiger partial charge in [-0.2, -0.15) is 5.10 Å². The van der Waals surface area contributed by atoms with Crippen LogP contribution in [-0.2, 0) is 11.3 Å². The molecule has 1 aliphatic carbocycles. The molecule has 154 valence electrons. The van der Waals surface area contributed by atoms with E-state index in [0.717, 1.165) is 18.4 Å². The van der Waals surface area contributed by atoms with E-state index in [9.17, 15) is 9.59 Å². The summed E-state index contributed by atoms with van der Waals surface area (Å²) in [6, 6.07) is 14.1. The van der Waals surface area contributed by atoms with Gasteiger partial charge in [0, 0.05) is 28.0 Å². The maximum atomic E-state index is 12.5. The first-order valence-corrected chi connectivity index (χ1v) is 10.1. The monoisotopic (exact) mass is 442 g/mol. The summed E-state index contributed by atoms with van der Waals surface area (Å²) < 4.78 is 1.96. The van der Waals surface area contributed by atoms with Crippen LogP contribution in [0.4, 0.5) is 16.2 Å². The molecule has 4 N–H and O–H groups in total. The largest absolute Gasteiger partial charge is 0.335 e. The van der Waals surface area contributed by atoms with Crippen molar-refractivity contribution in [1.29, 1.82) is 0 Å². The average molecular weight is 443 g/mol. The molecule has 2 aromatic carbocycles. The molecule has 10 heteroatoms. The van der Waals surface area contributed by atoms with E-state index >= 15 is 0 Å². The molecule has 3 aromatic rings. The standard InChI is InChI=1S/C20H19ClN6O2S/c21-13-3-1-12(2-4-13)18-25-26-20(30)27(18)11-17(28)22-14-5-7-15(8-6-14)23-19(29)24-16-9-10-16/h1-8,16H,9-11H2,(H,22,28)(H,26,30)(H2,23,24,29). The molecule has 0 unspecified atom stereocenters. The summed E-state index contributed by atoms with van der Waals surface area (Å²) in [5.74, 6) is 0.294. The Morgan fingerprint density at radius 2 is 1.70 bits per heavy atom. The van der Waals surface area contributed by atoms with E-state index in [1.807, 2.05) is 12.1 Å². The minimum absolute atomic E-state index is 0.00289. The normalized spacial score (nSPS) is 13.0. The van der Waals surface area contributed by atoms with Crippen LogP contribution in [0.15, 0.2) is 48.5 Å². The predicted molar refractivity (Wildman–Crippen MR) is 118 cm³/mol. The SMILES string of the molecule is O=C(Cn1c(-c2ccc(Cl)cc2)n[nH]c1=S)Nc1ccc(NC(=O)NC2CC2)cc1. The second kappa shape index (κ2) is 8.68. The van der Waals surface area contributed by atoms with Crippen LogP contribution in [0.2, 0.25) is 5.02 Å². The molecule has 1 aliphatic rings. The van der Waals surface area contributed by atoms with Crippen molar-refractivity contribution in [3.8, 4) is 11.4 Å². The topological polar surface area (TPSA) is 104 Å². The fourth-order valence-electron chi connectivity index (χ4n) is 2.84. The number of hydrogen-bond acceptors (Lipinski definition) is 4. The number of nitrogens with zero attached hydrogens (tertiary/aromatic N) is 2. The van der Waals surface area contributed by atoms with Crippen LogP contribution in [0.3, 0.4) is 0 Å². The molecule has 0 bridgehead atoms. The van der Waals surface area contributed by atoms with Crippen LogP contribution >= 0.6 is 23.8 Å². The highest BCUT2D eigenvalue weighted by atomic mass is 35.5. The highest BCUT2D eigenvalue weighted by Gasteiger charge is 2.23. The Morgan fingerprint density at radius 1 is 1.07 bits per heavy atom. The number of amides is 3. The number of rotatable bonds is 6. The van der Waals surface area contributed by atoms with E-state index < -0.39 is 0 Å². The molecule has 30 heavy (non-hydrogen) atoms. The first-order valence-electron chi connectivity index (χ1n) is 9.36. The van der Waals surface area contributed by atoms with Crippen molar-refractivity contribution in [3.05, 3.63) is 58.3 Å². The zero-order chi connectivity index (χ0) is 21.1. The number of aromatic nitrogens is 3. The zero-order valence-electron chi connectivity index (χ0n) is 15.8. The van der Waals surface area contributed by atoms with Gasteiger partial charge in [0.05, 0.1) is 0 Å². The third-order valence-electron chi connectivity index (χ3n) is 4.50. The Bertz CT molecular complexity index is 1120. The van der Waals surface area contributed by atoms with E-state index in [2.05, 4.69) is 26.1 Å². The summed E-state index contributed by atoms with van der Waals surface area (Å²) >= 11 is 11.2. The van der Waals surface area contributed by atoms with Gasteiger partial charge in [-0.15, -0.1) is 0 Å². The molecule has 4 rings (SSSR count). The van der Waals surface area contributed by atoms with Crippen molar-refractivity contribution in [1.82, 2.24) is 20.1 Å². The summed E-state index contributed by atoms with van der Waals surface area (Å²) in [4.78, 5) is 24.3. The lowest BCUT2D eigenvalue weighted by Gasteiger charge is -2.10. The van der Waals surface area contributed by atoms with Gasteiger partial charge >= 0.3 is 6.03 Å². The van der Waals surface area contributed by atoms with E-state index in [-0.39, 0.29) is 24.5 Å². The number of aromatic amines is 1. The number of halogens is 1. The van der Waals surface area contributed by atoms with Crippen LogP contribution < -0.4 is 16.0 Å². The molecule has 3 amide bonds. The molecule has 0 aliphatic heterocycles. The fraction of sp³-hybridized carbons (Fsp3) is 0.200. The van der Waals surface area contributed by atoms with Gasteiger partial charge < -0.3 is 16.0 Å². The number of benzene rings is 2. The van der Waals surface area contributed by atoms with Gasteiger partial charge in [0.1, 0.15) is 6.54 Å². The van der Waals surface area contributed by atoms with Crippen molar-refractivity contribution >= 4 is 47.1 Å². The van der Waals surface area contributed by atoms with E-state index in [0.29, 0.717) is 27.0 Å². The quantitative estimate of drug-likeness (QED) is 0.430. The van der Waals surface area contributed by atoms with Crippen molar-refractivity contribution in [3.63, 3.8) is 0 Å². The molecular formula is C20H19ClN6O2S. The smallest absolute Gasteiger partial charge is 0.319 e. The van der Waals surface area contributed by atoms with Crippen LogP contribution in [0.5, 0.6) is 0 Å². The summed E-state index contributed by atoms with van der Waals surface area (Å²) in [5.41, 5.74) is 2.05. The van der Waals surface area contributed by atoms with Crippen molar-refractivity contribution < 1.29 is 9.59 Å². The maximum absolute atomic E-state index is 12.5. The Hall–Kier alpha value is -3.17. The lowest BCUT2D eigenvalue weighted by Crippen LogP contribution is -2.30. The minimum Gasteiger partial charge on any atom is -0.335 e. The second-order valence-electron chi connectivity index (χ2n) is 6.94. The predicted octanol–water partition coefficient (Wildman–Crippen LogP) is 4.18. The Kier molecular flexibility index (Phi) is 5.82.